The predicted octanol–water partition coefficient (Wildman–Crippen LogP) is 21.6. The summed E-state index contributed by atoms with van der Waals surface area (Å²) in [5.41, 5.74) is 0. The van der Waals surface area contributed by atoms with E-state index in [1.54, 1.807) is 0 Å². The Balaban J connectivity index is 4.37. The third-order valence-electron chi connectivity index (χ3n) is 14.0. The van der Waals surface area contributed by atoms with E-state index in [4.69, 9.17) is 14.2 Å². The van der Waals surface area contributed by atoms with E-state index >= 15 is 0 Å². The third-order valence-corrected chi connectivity index (χ3v) is 14.0. The van der Waals surface area contributed by atoms with Gasteiger partial charge in [0, 0.05) is 19.3 Å². The Morgan fingerprint density at radius 2 is 0.534 bits per heavy atom. The third kappa shape index (κ3) is 59.9. The van der Waals surface area contributed by atoms with E-state index in [9.17, 15) is 14.4 Å². The van der Waals surface area contributed by atoms with Gasteiger partial charge < -0.3 is 14.2 Å². The number of carbonyl (C=O) groups is 3. The summed E-state index contributed by atoms with van der Waals surface area (Å²) in [6, 6.07) is 0. The predicted molar refractivity (Wildman–Crippen MR) is 316 cm³/mol. The van der Waals surface area contributed by atoms with Crippen LogP contribution in [0, 0.1) is 0 Å². The lowest BCUT2D eigenvalue weighted by atomic mass is 10.0. The van der Waals surface area contributed by atoms with E-state index in [0.29, 0.717) is 19.3 Å². The molecular formula is C67H120O6. The van der Waals surface area contributed by atoms with E-state index in [0.717, 1.165) is 96.3 Å². The van der Waals surface area contributed by atoms with Crippen molar-refractivity contribution in [2.45, 2.75) is 335 Å². The van der Waals surface area contributed by atoms with Crippen LogP contribution >= 0.6 is 0 Å². The first-order chi connectivity index (χ1) is 36.0. The molecule has 0 radical (unpaired) electrons. The number of carbonyl (C=O) groups excluding carboxylic acids is 3. The smallest absolute Gasteiger partial charge is 0.306 e. The van der Waals surface area contributed by atoms with Crippen molar-refractivity contribution in [1.82, 2.24) is 0 Å². The first-order valence-electron chi connectivity index (χ1n) is 31.8. The molecule has 424 valence electrons. The molecule has 0 bridgehead atoms. The average Bonchev–Trinajstić information content (AvgIpc) is 3.39. The number of esters is 3. The van der Waals surface area contributed by atoms with E-state index in [-0.39, 0.29) is 31.1 Å². The molecule has 6 heteroatoms. The molecule has 0 aromatic heterocycles. The highest BCUT2D eigenvalue weighted by Gasteiger charge is 2.19. The van der Waals surface area contributed by atoms with Gasteiger partial charge in [-0.1, -0.05) is 287 Å². The van der Waals surface area contributed by atoms with Crippen LogP contribution in [0.1, 0.15) is 329 Å². The summed E-state index contributed by atoms with van der Waals surface area (Å²) < 4.78 is 16.9. The van der Waals surface area contributed by atoms with E-state index in [1.807, 2.05) is 0 Å². The van der Waals surface area contributed by atoms with Crippen LogP contribution < -0.4 is 0 Å². The summed E-state index contributed by atoms with van der Waals surface area (Å²) in [4.78, 5) is 38.3. The Morgan fingerprint density at radius 3 is 0.849 bits per heavy atom. The van der Waals surface area contributed by atoms with E-state index in [2.05, 4.69) is 81.5 Å². The van der Waals surface area contributed by atoms with Gasteiger partial charge in [-0.15, -0.1) is 0 Å². The van der Waals surface area contributed by atoms with Gasteiger partial charge in [0.2, 0.25) is 0 Å². The fourth-order valence-corrected chi connectivity index (χ4v) is 9.25. The Hall–Kier alpha value is -2.89. The molecule has 0 aliphatic heterocycles. The molecule has 0 saturated carbocycles. The quantitative estimate of drug-likeness (QED) is 0.0261. The zero-order valence-corrected chi connectivity index (χ0v) is 48.7. The van der Waals surface area contributed by atoms with Crippen molar-refractivity contribution in [3.63, 3.8) is 0 Å². The van der Waals surface area contributed by atoms with Crippen molar-refractivity contribution in [2.75, 3.05) is 13.2 Å². The van der Waals surface area contributed by atoms with Crippen LogP contribution in [-0.4, -0.2) is 37.2 Å². The maximum atomic E-state index is 12.9. The molecule has 0 fully saturated rings. The number of ether oxygens (including phenoxy) is 3. The molecule has 1 atom stereocenters. The lowest BCUT2D eigenvalue weighted by molar-refractivity contribution is -0.167. The lowest BCUT2D eigenvalue weighted by Gasteiger charge is -2.18. The molecule has 6 nitrogen and oxygen atoms in total. The van der Waals surface area contributed by atoms with Crippen LogP contribution in [0.3, 0.4) is 0 Å². The highest BCUT2D eigenvalue weighted by atomic mass is 16.6. The number of allylic oxidation sites excluding steroid dienone is 10. The highest BCUT2D eigenvalue weighted by Crippen LogP contribution is 2.17. The molecular weight excluding hydrogens is 901 g/mol. The Kier molecular flexibility index (Phi) is 59.2. The van der Waals surface area contributed by atoms with Crippen molar-refractivity contribution < 1.29 is 28.6 Å². The number of rotatable bonds is 58. The van der Waals surface area contributed by atoms with Gasteiger partial charge in [-0.05, 0) is 83.5 Å². The van der Waals surface area contributed by atoms with Crippen LogP contribution in [0.15, 0.2) is 60.8 Å². The fraction of sp³-hybridized carbons (Fsp3) is 0.806. The molecule has 0 aliphatic carbocycles. The van der Waals surface area contributed by atoms with E-state index in [1.165, 1.54) is 193 Å². The van der Waals surface area contributed by atoms with Crippen LogP contribution in [0.5, 0.6) is 0 Å². The maximum absolute atomic E-state index is 12.9. The standard InChI is InChI=1S/C67H120O6/c1-4-7-10-13-16-19-22-25-28-31-32-33-34-37-40-43-46-49-52-55-58-61-67(70)73-64(62-71-65(68)59-56-53-50-47-44-41-38-35-29-26-23-20-17-14-11-8-5-2)63-72-66(69)60-57-54-51-48-45-42-39-36-30-27-24-21-18-15-12-9-6-3/h8,11,17,20,25-26,28-29,38,41,64H,4-7,9-10,12-16,18-19,21-24,27,30-37,39-40,42-63H2,1-3H3/b11-8-,20-17-,28-25-,29-26-,41-38-/t64-/m1/s1. The van der Waals surface area contributed by atoms with Gasteiger partial charge in [-0.3, -0.25) is 14.4 Å². The first-order valence-corrected chi connectivity index (χ1v) is 31.8. The zero-order valence-electron chi connectivity index (χ0n) is 48.7. The summed E-state index contributed by atoms with van der Waals surface area (Å²) >= 11 is 0. The van der Waals surface area contributed by atoms with Gasteiger partial charge in [0.1, 0.15) is 13.2 Å². The molecule has 0 heterocycles. The molecule has 73 heavy (non-hydrogen) atoms. The Bertz CT molecular complexity index is 1310. The van der Waals surface area contributed by atoms with Gasteiger partial charge in [-0.2, -0.15) is 0 Å². The summed E-state index contributed by atoms with van der Waals surface area (Å²) in [6.07, 6.45) is 77.9. The minimum atomic E-state index is -0.784. The van der Waals surface area contributed by atoms with Crippen LogP contribution in [0.25, 0.3) is 0 Å². The topological polar surface area (TPSA) is 78.9 Å². The summed E-state index contributed by atoms with van der Waals surface area (Å²) in [5.74, 6) is -0.885. The van der Waals surface area contributed by atoms with E-state index < -0.39 is 6.10 Å². The van der Waals surface area contributed by atoms with Gasteiger partial charge >= 0.3 is 17.9 Å². The Morgan fingerprint density at radius 1 is 0.288 bits per heavy atom. The Labute approximate surface area is 453 Å². The lowest BCUT2D eigenvalue weighted by Crippen LogP contribution is -2.30. The van der Waals surface area contributed by atoms with Gasteiger partial charge in [0.25, 0.3) is 0 Å². The SMILES string of the molecule is CC/C=C\C/C=C\C/C=C\C/C=C\CCCCCCC(=O)OC[C@H](COC(=O)CCCCCCCCCCCCCCCCCCC)OC(=O)CCCCCCCCCCCCC/C=C\CCCCCCCC. The second-order valence-corrected chi connectivity index (χ2v) is 21.3. The minimum absolute atomic E-state index is 0.0789. The number of unbranched alkanes of at least 4 members (excludes halogenated alkanes) is 37. The van der Waals surface area contributed by atoms with Crippen molar-refractivity contribution in [1.29, 1.82) is 0 Å². The van der Waals surface area contributed by atoms with Crippen LogP contribution in [-0.2, 0) is 28.6 Å². The molecule has 0 aliphatic rings. The molecule has 0 amide bonds. The summed E-state index contributed by atoms with van der Waals surface area (Å²) in [5, 5.41) is 0. The van der Waals surface area contributed by atoms with Crippen molar-refractivity contribution >= 4 is 17.9 Å². The summed E-state index contributed by atoms with van der Waals surface area (Å²) in [7, 11) is 0. The zero-order chi connectivity index (χ0) is 52.9. The molecule has 0 spiro atoms. The first kappa shape index (κ1) is 70.1. The second kappa shape index (κ2) is 61.7. The molecule has 0 N–H and O–H groups in total. The van der Waals surface area contributed by atoms with Gasteiger partial charge in [-0.25, -0.2) is 0 Å². The van der Waals surface area contributed by atoms with Crippen molar-refractivity contribution in [2.24, 2.45) is 0 Å². The maximum Gasteiger partial charge on any atom is 0.306 e. The van der Waals surface area contributed by atoms with Gasteiger partial charge in [0.05, 0.1) is 0 Å². The molecule has 0 unspecified atom stereocenters. The van der Waals surface area contributed by atoms with Crippen LogP contribution in [0.2, 0.25) is 0 Å². The minimum Gasteiger partial charge on any atom is -0.462 e. The molecule has 0 aromatic carbocycles. The number of hydrogen-bond donors (Lipinski definition) is 0. The fourth-order valence-electron chi connectivity index (χ4n) is 9.25. The normalized spacial score (nSPS) is 12.4. The highest BCUT2D eigenvalue weighted by molar-refractivity contribution is 5.71. The second-order valence-electron chi connectivity index (χ2n) is 21.3. The largest absolute Gasteiger partial charge is 0.462 e. The summed E-state index contributed by atoms with van der Waals surface area (Å²) in [6.45, 7) is 6.55. The van der Waals surface area contributed by atoms with Crippen LogP contribution in [0.4, 0.5) is 0 Å². The number of hydrogen-bond acceptors (Lipinski definition) is 6. The molecule has 0 saturated heterocycles. The van der Waals surface area contributed by atoms with Gasteiger partial charge in [0.15, 0.2) is 6.10 Å². The monoisotopic (exact) mass is 1020 g/mol. The molecule has 0 aromatic rings. The average molecular weight is 1020 g/mol. The van der Waals surface area contributed by atoms with Crippen molar-refractivity contribution in [3.8, 4) is 0 Å². The van der Waals surface area contributed by atoms with Crippen molar-refractivity contribution in [3.05, 3.63) is 60.8 Å². The molecule has 0 rings (SSSR count).